The Morgan fingerprint density at radius 1 is 1.17 bits per heavy atom. The molecule has 0 fully saturated rings. The number of hydrogen-bond donors (Lipinski definition) is 0. The molecule has 0 aliphatic carbocycles. The summed E-state index contributed by atoms with van der Waals surface area (Å²) < 4.78 is 0. The van der Waals surface area contributed by atoms with Crippen LogP contribution in [0.5, 0.6) is 0 Å². The molecule has 102 valence electrons. The maximum absolute atomic E-state index is 3.61. The first-order valence-electron chi connectivity index (χ1n) is 6.76. The molecule has 1 rings (SSSR count). The van der Waals surface area contributed by atoms with Gasteiger partial charge in [-0.05, 0) is 35.4 Å². The van der Waals surface area contributed by atoms with Crippen molar-refractivity contribution in [1.29, 1.82) is 0 Å². The third-order valence-corrected chi connectivity index (χ3v) is 5.28. The van der Waals surface area contributed by atoms with Crippen LogP contribution in [0.4, 0.5) is 0 Å². The van der Waals surface area contributed by atoms with E-state index in [4.69, 9.17) is 0 Å². The maximum atomic E-state index is 3.61. The SMILES string of the molecule is CCCC(CBr)CSc1ccc(C(C)(C)C)cc1. The minimum absolute atomic E-state index is 0.254. The molecule has 1 unspecified atom stereocenters. The zero-order valence-electron chi connectivity index (χ0n) is 12.0. The van der Waals surface area contributed by atoms with Gasteiger partial charge in [0.15, 0.2) is 0 Å². The van der Waals surface area contributed by atoms with E-state index in [1.807, 2.05) is 11.8 Å². The smallest absolute Gasteiger partial charge is 0.00722 e. The third kappa shape index (κ3) is 5.36. The van der Waals surface area contributed by atoms with Gasteiger partial charge in [0.05, 0.1) is 0 Å². The highest BCUT2D eigenvalue weighted by atomic mass is 79.9. The Bertz CT molecular complexity index is 337. The third-order valence-electron chi connectivity index (χ3n) is 3.12. The predicted molar refractivity (Wildman–Crippen MR) is 88.1 cm³/mol. The number of alkyl halides is 1. The van der Waals surface area contributed by atoms with Crippen molar-refractivity contribution in [3.8, 4) is 0 Å². The van der Waals surface area contributed by atoms with Crippen molar-refractivity contribution < 1.29 is 0 Å². The lowest BCUT2D eigenvalue weighted by Crippen LogP contribution is -2.10. The lowest BCUT2D eigenvalue weighted by atomic mass is 9.87. The number of hydrogen-bond acceptors (Lipinski definition) is 1. The second-order valence-corrected chi connectivity index (χ2v) is 7.64. The van der Waals surface area contributed by atoms with E-state index >= 15 is 0 Å². The summed E-state index contributed by atoms with van der Waals surface area (Å²) in [5.74, 6) is 2.01. The van der Waals surface area contributed by atoms with Crippen molar-refractivity contribution in [3.63, 3.8) is 0 Å². The Kier molecular flexibility index (Phi) is 6.79. The van der Waals surface area contributed by atoms with Crippen LogP contribution in [0.25, 0.3) is 0 Å². The summed E-state index contributed by atoms with van der Waals surface area (Å²) in [5.41, 5.74) is 1.67. The Balaban J connectivity index is 2.53. The van der Waals surface area contributed by atoms with Gasteiger partial charge in [-0.3, -0.25) is 0 Å². The van der Waals surface area contributed by atoms with Crippen LogP contribution < -0.4 is 0 Å². The molecule has 0 N–H and O–H groups in total. The topological polar surface area (TPSA) is 0 Å². The van der Waals surface area contributed by atoms with Crippen LogP contribution in [0.15, 0.2) is 29.2 Å². The predicted octanol–water partition coefficient (Wildman–Crippen LogP) is 5.89. The average molecular weight is 329 g/mol. The molecule has 0 amide bonds. The summed E-state index contributed by atoms with van der Waals surface area (Å²) in [5, 5.41) is 1.12. The van der Waals surface area contributed by atoms with Crippen LogP contribution in [0.2, 0.25) is 0 Å². The van der Waals surface area contributed by atoms with E-state index in [-0.39, 0.29) is 5.41 Å². The lowest BCUT2D eigenvalue weighted by Gasteiger charge is -2.19. The number of thioether (sulfide) groups is 1. The first-order valence-corrected chi connectivity index (χ1v) is 8.87. The summed E-state index contributed by atoms with van der Waals surface area (Å²) in [6.45, 7) is 9.05. The van der Waals surface area contributed by atoms with E-state index in [1.165, 1.54) is 29.1 Å². The average Bonchev–Trinajstić information content (AvgIpc) is 2.34. The molecule has 0 heterocycles. The van der Waals surface area contributed by atoms with Crippen molar-refractivity contribution in [3.05, 3.63) is 29.8 Å². The Labute approximate surface area is 125 Å². The molecule has 0 nitrogen and oxygen atoms in total. The van der Waals surface area contributed by atoms with Crippen LogP contribution in [0, 0.1) is 5.92 Å². The molecule has 1 atom stereocenters. The molecular weight excluding hydrogens is 304 g/mol. The summed E-state index contributed by atoms with van der Waals surface area (Å²) >= 11 is 5.60. The number of halogens is 1. The van der Waals surface area contributed by atoms with E-state index in [2.05, 4.69) is 67.9 Å². The van der Waals surface area contributed by atoms with Gasteiger partial charge in [0.2, 0.25) is 0 Å². The van der Waals surface area contributed by atoms with E-state index in [9.17, 15) is 0 Å². The van der Waals surface area contributed by atoms with Gasteiger partial charge in [-0.15, -0.1) is 11.8 Å². The van der Waals surface area contributed by atoms with Crippen molar-refractivity contribution in [2.45, 2.75) is 50.8 Å². The molecule has 0 aliphatic heterocycles. The minimum atomic E-state index is 0.254. The number of benzene rings is 1. The Hall–Kier alpha value is 0.0500. The lowest BCUT2D eigenvalue weighted by molar-refractivity contribution is 0.589. The van der Waals surface area contributed by atoms with Crippen LogP contribution >= 0.6 is 27.7 Å². The van der Waals surface area contributed by atoms with E-state index in [0.717, 1.165) is 11.2 Å². The van der Waals surface area contributed by atoms with E-state index in [0.29, 0.717) is 0 Å². The Morgan fingerprint density at radius 2 is 1.78 bits per heavy atom. The molecule has 0 aliphatic rings. The molecule has 0 spiro atoms. The molecule has 0 saturated heterocycles. The van der Waals surface area contributed by atoms with Crippen LogP contribution in [0.1, 0.15) is 46.1 Å². The highest BCUT2D eigenvalue weighted by Gasteiger charge is 2.13. The second kappa shape index (κ2) is 7.59. The summed E-state index contributed by atoms with van der Waals surface area (Å²) in [4.78, 5) is 1.39. The van der Waals surface area contributed by atoms with Gasteiger partial charge in [-0.2, -0.15) is 0 Å². The first-order chi connectivity index (χ1) is 8.47. The molecule has 0 bridgehead atoms. The van der Waals surface area contributed by atoms with Crippen molar-refractivity contribution in [2.24, 2.45) is 5.92 Å². The molecular formula is C16H25BrS. The van der Waals surface area contributed by atoms with Crippen LogP contribution in [0.3, 0.4) is 0 Å². The van der Waals surface area contributed by atoms with Gasteiger partial charge in [0.1, 0.15) is 0 Å². The minimum Gasteiger partial charge on any atom is -0.126 e. The monoisotopic (exact) mass is 328 g/mol. The summed E-state index contributed by atoms with van der Waals surface area (Å²) in [6.07, 6.45) is 2.60. The van der Waals surface area contributed by atoms with Gasteiger partial charge < -0.3 is 0 Å². The fraction of sp³-hybridized carbons (Fsp3) is 0.625. The van der Waals surface area contributed by atoms with E-state index in [1.54, 1.807) is 0 Å². The van der Waals surface area contributed by atoms with Crippen molar-refractivity contribution in [1.82, 2.24) is 0 Å². The Morgan fingerprint density at radius 3 is 2.22 bits per heavy atom. The van der Waals surface area contributed by atoms with Crippen LogP contribution in [-0.2, 0) is 5.41 Å². The fourth-order valence-corrected chi connectivity index (χ4v) is 3.78. The summed E-state index contributed by atoms with van der Waals surface area (Å²) in [6, 6.07) is 9.07. The zero-order chi connectivity index (χ0) is 13.6. The van der Waals surface area contributed by atoms with Gasteiger partial charge in [0, 0.05) is 16.0 Å². The van der Waals surface area contributed by atoms with Gasteiger partial charge in [-0.1, -0.05) is 62.2 Å². The molecule has 1 aromatic carbocycles. The summed E-state index contributed by atoms with van der Waals surface area (Å²) in [7, 11) is 0. The van der Waals surface area contributed by atoms with Gasteiger partial charge >= 0.3 is 0 Å². The fourth-order valence-electron chi connectivity index (χ4n) is 1.88. The zero-order valence-corrected chi connectivity index (χ0v) is 14.4. The van der Waals surface area contributed by atoms with Gasteiger partial charge in [0.25, 0.3) is 0 Å². The molecule has 18 heavy (non-hydrogen) atoms. The molecule has 2 heteroatoms. The first kappa shape index (κ1) is 16.1. The van der Waals surface area contributed by atoms with Crippen molar-refractivity contribution in [2.75, 3.05) is 11.1 Å². The molecule has 1 aromatic rings. The molecule has 0 aromatic heterocycles. The quantitative estimate of drug-likeness (QED) is 0.463. The largest absolute Gasteiger partial charge is 0.126 e. The normalized spacial score (nSPS) is 13.6. The van der Waals surface area contributed by atoms with Gasteiger partial charge in [-0.25, -0.2) is 0 Å². The van der Waals surface area contributed by atoms with Crippen LogP contribution in [-0.4, -0.2) is 11.1 Å². The maximum Gasteiger partial charge on any atom is 0.00722 e. The highest BCUT2D eigenvalue weighted by molar-refractivity contribution is 9.09. The molecule has 0 radical (unpaired) electrons. The number of rotatable bonds is 6. The highest BCUT2D eigenvalue weighted by Crippen LogP contribution is 2.27. The van der Waals surface area contributed by atoms with E-state index < -0.39 is 0 Å². The second-order valence-electron chi connectivity index (χ2n) is 5.89. The standard InChI is InChI=1S/C16H25BrS/c1-5-6-13(11-17)12-18-15-9-7-14(8-10-15)16(2,3)4/h7-10,13H,5-6,11-12H2,1-4H3. The molecule has 0 saturated carbocycles. The van der Waals surface area contributed by atoms with Crippen molar-refractivity contribution >= 4 is 27.7 Å².